The van der Waals surface area contributed by atoms with Gasteiger partial charge in [0.15, 0.2) is 12.4 Å². The number of ketones is 1. The fourth-order valence-corrected chi connectivity index (χ4v) is 2.14. The highest BCUT2D eigenvalue weighted by Gasteiger charge is 2.14. The van der Waals surface area contributed by atoms with Gasteiger partial charge in [0.1, 0.15) is 17.6 Å². The average Bonchev–Trinajstić information content (AvgIpc) is 2.65. The highest BCUT2D eigenvalue weighted by atomic mass is 19.1. The molecular weight excluding hydrogens is 323 g/mol. The number of nitriles is 1. The molecule has 0 bridgehead atoms. The van der Waals surface area contributed by atoms with E-state index >= 15 is 0 Å². The summed E-state index contributed by atoms with van der Waals surface area (Å²) in [4.78, 5) is 23.5. The number of Topliss-reactive ketones (excluding diaryl/α,β-unsaturated/α-hetero) is 1. The molecule has 0 radical (unpaired) electrons. The molecule has 2 aromatic carbocycles. The molecule has 1 N–H and O–H groups in total. The first-order valence-corrected chi connectivity index (χ1v) is 7.74. The minimum absolute atomic E-state index is 0.0282. The predicted octanol–water partition coefficient (Wildman–Crippen LogP) is 3.18. The van der Waals surface area contributed by atoms with Crippen LogP contribution in [0.3, 0.4) is 0 Å². The molecule has 0 aliphatic heterocycles. The lowest BCUT2D eigenvalue weighted by Crippen LogP contribution is -2.32. The van der Waals surface area contributed by atoms with Crippen LogP contribution in [-0.4, -0.2) is 18.3 Å². The predicted molar refractivity (Wildman–Crippen MR) is 89.5 cm³/mol. The van der Waals surface area contributed by atoms with Gasteiger partial charge in [-0.2, -0.15) is 5.26 Å². The number of halogens is 1. The van der Waals surface area contributed by atoms with Gasteiger partial charge in [0.05, 0.1) is 6.07 Å². The second-order valence-electron chi connectivity index (χ2n) is 5.27. The van der Waals surface area contributed by atoms with Gasteiger partial charge in [-0.05, 0) is 42.0 Å². The molecule has 0 saturated carbocycles. The molecule has 0 saturated heterocycles. The zero-order chi connectivity index (χ0) is 18.2. The van der Waals surface area contributed by atoms with Gasteiger partial charge < -0.3 is 10.1 Å². The molecule has 0 spiro atoms. The van der Waals surface area contributed by atoms with Crippen molar-refractivity contribution in [2.24, 2.45) is 0 Å². The van der Waals surface area contributed by atoms with Crippen LogP contribution in [0.25, 0.3) is 0 Å². The number of amides is 1. The number of nitrogens with zero attached hydrogens (tertiary/aromatic N) is 1. The van der Waals surface area contributed by atoms with Crippen molar-refractivity contribution in [3.8, 4) is 11.8 Å². The van der Waals surface area contributed by atoms with Crippen molar-refractivity contribution in [1.29, 1.82) is 5.26 Å². The molecular formula is C19H17FN2O3. The Morgan fingerprint density at radius 1 is 1.16 bits per heavy atom. The third-order valence-electron chi connectivity index (χ3n) is 3.51. The maximum Gasteiger partial charge on any atom is 0.259 e. The number of rotatable bonds is 7. The first-order valence-electron chi connectivity index (χ1n) is 7.74. The summed E-state index contributed by atoms with van der Waals surface area (Å²) in [5, 5.41) is 11.7. The zero-order valence-corrected chi connectivity index (χ0v) is 13.7. The Bertz CT molecular complexity index is 780. The summed E-state index contributed by atoms with van der Waals surface area (Å²) < 4.78 is 18.3. The van der Waals surface area contributed by atoms with Gasteiger partial charge in [0, 0.05) is 12.0 Å². The first-order chi connectivity index (χ1) is 12.0. The molecule has 1 atom stereocenters. The van der Waals surface area contributed by atoms with Crippen LogP contribution in [0.4, 0.5) is 4.39 Å². The van der Waals surface area contributed by atoms with Crippen molar-refractivity contribution < 1.29 is 18.7 Å². The second kappa shape index (κ2) is 8.60. The van der Waals surface area contributed by atoms with Crippen LogP contribution in [0.15, 0.2) is 48.5 Å². The maximum absolute atomic E-state index is 12.9. The Hall–Kier alpha value is -3.20. The van der Waals surface area contributed by atoms with E-state index in [-0.39, 0.29) is 12.4 Å². The fraction of sp³-hybridized carbons (Fsp3) is 0.211. The van der Waals surface area contributed by atoms with Crippen molar-refractivity contribution in [1.82, 2.24) is 5.32 Å². The first kappa shape index (κ1) is 18.1. The summed E-state index contributed by atoms with van der Waals surface area (Å²) in [6.45, 7) is 1.50. The Kier molecular flexibility index (Phi) is 6.24. The molecule has 25 heavy (non-hydrogen) atoms. The minimum Gasteiger partial charge on any atom is -0.484 e. The lowest BCUT2D eigenvalue weighted by molar-refractivity contribution is -0.123. The van der Waals surface area contributed by atoms with Gasteiger partial charge in [-0.25, -0.2) is 4.39 Å². The van der Waals surface area contributed by atoms with Crippen LogP contribution in [0.5, 0.6) is 5.75 Å². The summed E-state index contributed by atoms with van der Waals surface area (Å²) >= 11 is 0. The third kappa shape index (κ3) is 5.15. The molecule has 0 fully saturated rings. The molecule has 0 aliphatic carbocycles. The summed E-state index contributed by atoms with van der Waals surface area (Å²) in [7, 11) is 0. The normalized spacial score (nSPS) is 11.2. The van der Waals surface area contributed by atoms with E-state index in [4.69, 9.17) is 10.00 Å². The molecule has 2 aromatic rings. The van der Waals surface area contributed by atoms with E-state index in [0.29, 0.717) is 23.3 Å². The SMILES string of the molecule is CCC(=O)c1ccc(OCC(=O)N[C@H](C#N)c2ccc(F)cc2)cc1. The van der Waals surface area contributed by atoms with Crippen LogP contribution in [0.2, 0.25) is 0 Å². The number of nitrogens with one attached hydrogen (secondary N) is 1. The highest BCUT2D eigenvalue weighted by Crippen LogP contribution is 2.15. The monoisotopic (exact) mass is 340 g/mol. The number of hydrogen-bond donors (Lipinski definition) is 1. The van der Waals surface area contributed by atoms with Crippen LogP contribution in [0.1, 0.15) is 35.3 Å². The van der Waals surface area contributed by atoms with E-state index in [1.165, 1.54) is 24.3 Å². The summed E-state index contributed by atoms with van der Waals surface area (Å²) in [6.07, 6.45) is 0.418. The smallest absolute Gasteiger partial charge is 0.259 e. The van der Waals surface area contributed by atoms with E-state index in [1.807, 2.05) is 6.07 Å². The van der Waals surface area contributed by atoms with Crippen LogP contribution >= 0.6 is 0 Å². The topological polar surface area (TPSA) is 79.2 Å². The van der Waals surface area contributed by atoms with Crippen molar-refractivity contribution in [2.45, 2.75) is 19.4 Å². The zero-order valence-electron chi connectivity index (χ0n) is 13.7. The second-order valence-corrected chi connectivity index (χ2v) is 5.27. The Balaban J connectivity index is 1.90. The van der Waals surface area contributed by atoms with Gasteiger partial charge in [-0.3, -0.25) is 9.59 Å². The number of benzene rings is 2. The summed E-state index contributed by atoms with van der Waals surface area (Å²) in [5.41, 5.74) is 1.07. The van der Waals surface area contributed by atoms with Gasteiger partial charge in [-0.15, -0.1) is 0 Å². The van der Waals surface area contributed by atoms with Crippen molar-refractivity contribution in [2.75, 3.05) is 6.61 Å². The van der Waals surface area contributed by atoms with Crippen LogP contribution in [-0.2, 0) is 4.79 Å². The number of carbonyl (C=O) groups excluding carboxylic acids is 2. The number of ether oxygens (including phenoxy) is 1. The van der Waals surface area contributed by atoms with E-state index in [9.17, 15) is 14.0 Å². The quantitative estimate of drug-likeness (QED) is 0.785. The van der Waals surface area contributed by atoms with Gasteiger partial charge >= 0.3 is 0 Å². The van der Waals surface area contributed by atoms with E-state index < -0.39 is 17.8 Å². The van der Waals surface area contributed by atoms with Gasteiger partial charge in [0.25, 0.3) is 5.91 Å². The van der Waals surface area contributed by atoms with E-state index in [1.54, 1.807) is 31.2 Å². The highest BCUT2D eigenvalue weighted by molar-refractivity contribution is 5.95. The van der Waals surface area contributed by atoms with Crippen LogP contribution < -0.4 is 10.1 Å². The Labute approximate surface area is 145 Å². The number of hydrogen-bond acceptors (Lipinski definition) is 4. The van der Waals surface area contributed by atoms with Crippen molar-refractivity contribution >= 4 is 11.7 Å². The standard InChI is InChI=1S/C19H17FN2O3/c1-2-18(23)14-5-9-16(10-6-14)25-12-19(24)22-17(11-21)13-3-7-15(20)8-4-13/h3-10,17H,2,12H2,1H3,(H,22,24)/t17-/m1/s1. The lowest BCUT2D eigenvalue weighted by atomic mass is 10.1. The molecule has 5 nitrogen and oxygen atoms in total. The van der Waals surface area contributed by atoms with Crippen LogP contribution in [0, 0.1) is 17.1 Å². The van der Waals surface area contributed by atoms with Gasteiger partial charge in [-0.1, -0.05) is 19.1 Å². The minimum atomic E-state index is -0.888. The molecule has 0 aromatic heterocycles. The lowest BCUT2D eigenvalue weighted by Gasteiger charge is -2.12. The fourth-order valence-electron chi connectivity index (χ4n) is 2.14. The summed E-state index contributed by atoms with van der Waals surface area (Å²) in [5.74, 6) is -0.428. The molecule has 0 unspecified atom stereocenters. The molecule has 128 valence electrons. The largest absolute Gasteiger partial charge is 0.484 e. The van der Waals surface area contributed by atoms with E-state index in [0.717, 1.165) is 0 Å². The maximum atomic E-state index is 12.9. The molecule has 1 amide bonds. The van der Waals surface area contributed by atoms with Crippen molar-refractivity contribution in [3.05, 3.63) is 65.5 Å². The Morgan fingerprint density at radius 2 is 1.80 bits per heavy atom. The summed E-state index contributed by atoms with van der Waals surface area (Å²) in [6, 6.07) is 12.9. The average molecular weight is 340 g/mol. The Morgan fingerprint density at radius 3 is 2.36 bits per heavy atom. The molecule has 0 heterocycles. The molecule has 0 aliphatic rings. The molecule has 2 rings (SSSR count). The van der Waals surface area contributed by atoms with Gasteiger partial charge in [0.2, 0.25) is 0 Å². The van der Waals surface area contributed by atoms with E-state index in [2.05, 4.69) is 5.32 Å². The number of carbonyl (C=O) groups is 2. The third-order valence-corrected chi connectivity index (χ3v) is 3.51. The van der Waals surface area contributed by atoms with Crippen molar-refractivity contribution in [3.63, 3.8) is 0 Å². The molecule has 6 heteroatoms.